The van der Waals surface area contributed by atoms with Gasteiger partial charge in [-0.3, -0.25) is 9.59 Å². The molecule has 0 bridgehead atoms. The molecule has 25 heavy (non-hydrogen) atoms. The second-order valence-corrected chi connectivity index (χ2v) is 6.66. The Kier molecular flexibility index (Phi) is 4.26. The van der Waals surface area contributed by atoms with E-state index in [-0.39, 0.29) is 11.8 Å². The van der Waals surface area contributed by atoms with Gasteiger partial charge in [-0.05, 0) is 44.2 Å². The van der Waals surface area contributed by atoms with Gasteiger partial charge in [0.2, 0.25) is 0 Å². The lowest BCUT2D eigenvalue weighted by molar-refractivity contribution is 0.0774. The highest BCUT2D eigenvalue weighted by Gasteiger charge is 2.30. The summed E-state index contributed by atoms with van der Waals surface area (Å²) in [5.74, 6) is 0.145. The third kappa shape index (κ3) is 3.04. The monoisotopic (exact) mass is 338 g/mol. The second-order valence-electron chi connectivity index (χ2n) is 6.66. The number of rotatable bonds is 3. The first kappa shape index (κ1) is 15.9. The highest BCUT2D eigenvalue weighted by atomic mass is 16.2. The molecular formula is C19H22N4O2. The minimum atomic E-state index is -0.239. The number of hydrogen-bond donors (Lipinski definition) is 1. The van der Waals surface area contributed by atoms with Gasteiger partial charge in [-0.1, -0.05) is 18.2 Å². The lowest BCUT2D eigenvalue weighted by Gasteiger charge is -2.19. The van der Waals surface area contributed by atoms with Crippen LogP contribution in [0.4, 0.5) is 5.69 Å². The molecule has 1 saturated heterocycles. The van der Waals surface area contributed by atoms with E-state index >= 15 is 0 Å². The van der Waals surface area contributed by atoms with Gasteiger partial charge in [0.25, 0.3) is 11.8 Å². The van der Waals surface area contributed by atoms with Crippen molar-refractivity contribution >= 4 is 17.5 Å². The number of amides is 2. The molecule has 0 atom stereocenters. The Balaban J connectivity index is 1.65. The zero-order valence-corrected chi connectivity index (χ0v) is 14.2. The molecule has 2 aliphatic rings. The fourth-order valence-corrected chi connectivity index (χ4v) is 3.66. The van der Waals surface area contributed by atoms with Gasteiger partial charge in [-0.15, -0.1) is 0 Å². The standard InChI is InChI=1S/C19H22N4O2/c24-18(20-14-8-2-1-3-9-14)16-15-10-4-5-13-23(15)17(21-16)19(25)22-11-6-7-12-22/h1-3,8-9H,4-7,10-13H2,(H,20,24). The zero-order chi connectivity index (χ0) is 17.2. The maximum absolute atomic E-state index is 12.8. The highest BCUT2D eigenvalue weighted by molar-refractivity contribution is 6.05. The molecule has 0 spiro atoms. The van der Waals surface area contributed by atoms with Crippen molar-refractivity contribution < 1.29 is 9.59 Å². The van der Waals surface area contributed by atoms with Gasteiger partial charge in [-0.2, -0.15) is 0 Å². The molecule has 4 rings (SSSR count). The Bertz CT molecular complexity index is 791. The lowest BCUT2D eigenvalue weighted by atomic mass is 10.1. The van der Waals surface area contributed by atoms with Crippen molar-refractivity contribution in [2.24, 2.45) is 0 Å². The molecular weight excluding hydrogens is 316 g/mol. The molecule has 6 nitrogen and oxygen atoms in total. The molecule has 1 aromatic heterocycles. The maximum atomic E-state index is 12.8. The number of aromatic nitrogens is 2. The van der Waals surface area contributed by atoms with Crippen LogP contribution in [0.5, 0.6) is 0 Å². The molecule has 1 fully saturated rings. The molecule has 2 aliphatic heterocycles. The van der Waals surface area contributed by atoms with Crippen LogP contribution in [0.3, 0.4) is 0 Å². The van der Waals surface area contributed by atoms with Crippen molar-refractivity contribution in [1.82, 2.24) is 14.5 Å². The molecule has 0 aliphatic carbocycles. The molecule has 2 amide bonds. The van der Waals surface area contributed by atoms with Crippen LogP contribution in [0.2, 0.25) is 0 Å². The van der Waals surface area contributed by atoms with Crippen molar-refractivity contribution in [2.75, 3.05) is 18.4 Å². The predicted octanol–water partition coefficient (Wildman–Crippen LogP) is 2.71. The van der Waals surface area contributed by atoms with Crippen LogP contribution in [0.15, 0.2) is 30.3 Å². The Morgan fingerprint density at radius 1 is 0.960 bits per heavy atom. The number of imidazole rings is 1. The minimum absolute atomic E-state index is 0.0422. The van der Waals surface area contributed by atoms with Crippen molar-refractivity contribution in [3.05, 3.63) is 47.5 Å². The van der Waals surface area contributed by atoms with Crippen molar-refractivity contribution in [3.63, 3.8) is 0 Å². The van der Waals surface area contributed by atoms with Crippen molar-refractivity contribution in [2.45, 2.75) is 38.6 Å². The van der Waals surface area contributed by atoms with E-state index in [1.54, 1.807) is 0 Å². The fourth-order valence-electron chi connectivity index (χ4n) is 3.66. The Morgan fingerprint density at radius 2 is 1.68 bits per heavy atom. The summed E-state index contributed by atoms with van der Waals surface area (Å²) in [4.78, 5) is 31.9. The predicted molar refractivity (Wildman–Crippen MR) is 94.7 cm³/mol. The summed E-state index contributed by atoms with van der Waals surface area (Å²) in [6.07, 6.45) is 4.91. The van der Waals surface area contributed by atoms with Gasteiger partial charge >= 0.3 is 0 Å². The first-order valence-corrected chi connectivity index (χ1v) is 8.99. The summed E-state index contributed by atoms with van der Waals surface area (Å²) < 4.78 is 1.96. The number of nitrogens with one attached hydrogen (secondary N) is 1. The van der Waals surface area contributed by atoms with Crippen LogP contribution in [0.1, 0.15) is 52.5 Å². The van der Waals surface area contributed by atoms with E-state index < -0.39 is 0 Å². The van der Waals surface area contributed by atoms with Gasteiger partial charge in [0.15, 0.2) is 11.5 Å². The van der Waals surface area contributed by atoms with E-state index in [9.17, 15) is 9.59 Å². The number of carbonyl (C=O) groups is 2. The normalized spacial score (nSPS) is 16.6. The van der Waals surface area contributed by atoms with E-state index in [2.05, 4.69) is 10.3 Å². The molecule has 0 saturated carbocycles. The van der Waals surface area contributed by atoms with Crippen molar-refractivity contribution in [1.29, 1.82) is 0 Å². The molecule has 130 valence electrons. The topological polar surface area (TPSA) is 67.2 Å². The summed E-state index contributed by atoms with van der Waals surface area (Å²) in [5.41, 5.74) is 2.02. The summed E-state index contributed by atoms with van der Waals surface area (Å²) in [7, 11) is 0. The number of likely N-dealkylation sites (tertiary alicyclic amines) is 1. The Labute approximate surface area is 146 Å². The van der Waals surface area contributed by atoms with E-state index in [0.29, 0.717) is 11.5 Å². The molecule has 1 N–H and O–H groups in total. The van der Waals surface area contributed by atoms with Crippen LogP contribution in [-0.4, -0.2) is 39.4 Å². The Hall–Kier alpha value is -2.63. The van der Waals surface area contributed by atoms with Crippen molar-refractivity contribution in [3.8, 4) is 0 Å². The van der Waals surface area contributed by atoms with Gasteiger partial charge in [0, 0.05) is 25.3 Å². The quantitative estimate of drug-likeness (QED) is 0.936. The number of para-hydroxylation sites is 1. The molecule has 0 unspecified atom stereocenters. The highest BCUT2D eigenvalue weighted by Crippen LogP contribution is 2.24. The van der Waals surface area contributed by atoms with Gasteiger partial charge < -0.3 is 14.8 Å². The number of hydrogen-bond acceptors (Lipinski definition) is 3. The van der Waals surface area contributed by atoms with Crippen LogP contribution >= 0.6 is 0 Å². The summed E-state index contributed by atoms with van der Waals surface area (Å²) >= 11 is 0. The third-order valence-corrected chi connectivity index (χ3v) is 4.95. The van der Waals surface area contributed by atoms with Crippen LogP contribution < -0.4 is 5.32 Å². The lowest BCUT2D eigenvalue weighted by Crippen LogP contribution is -2.31. The molecule has 2 aromatic rings. The number of anilines is 1. The maximum Gasteiger partial charge on any atom is 0.289 e. The second kappa shape index (κ2) is 6.70. The molecule has 3 heterocycles. The zero-order valence-electron chi connectivity index (χ0n) is 14.2. The minimum Gasteiger partial charge on any atom is -0.336 e. The van der Waals surface area contributed by atoms with Crippen LogP contribution in [-0.2, 0) is 13.0 Å². The SMILES string of the molecule is O=C(Nc1ccccc1)c1nc(C(=O)N2CCCC2)n2c1CCCC2. The summed E-state index contributed by atoms with van der Waals surface area (Å²) in [6, 6.07) is 9.34. The largest absolute Gasteiger partial charge is 0.336 e. The molecule has 0 radical (unpaired) electrons. The average molecular weight is 338 g/mol. The van der Waals surface area contributed by atoms with Crippen LogP contribution in [0.25, 0.3) is 0 Å². The molecule has 6 heteroatoms. The van der Waals surface area contributed by atoms with Gasteiger partial charge in [0.1, 0.15) is 0 Å². The van der Waals surface area contributed by atoms with Gasteiger partial charge in [-0.25, -0.2) is 4.98 Å². The number of benzene rings is 1. The van der Waals surface area contributed by atoms with E-state index in [1.165, 1.54) is 0 Å². The number of fused-ring (bicyclic) bond motifs is 1. The molecule has 1 aromatic carbocycles. The fraction of sp³-hybridized carbons (Fsp3) is 0.421. The average Bonchev–Trinajstić information content (AvgIpc) is 3.30. The first-order valence-electron chi connectivity index (χ1n) is 8.99. The third-order valence-electron chi connectivity index (χ3n) is 4.95. The van der Waals surface area contributed by atoms with Crippen LogP contribution in [0, 0.1) is 0 Å². The van der Waals surface area contributed by atoms with Gasteiger partial charge in [0.05, 0.1) is 5.69 Å². The summed E-state index contributed by atoms with van der Waals surface area (Å²) in [5, 5.41) is 2.89. The summed E-state index contributed by atoms with van der Waals surface area (Å²) in [6.45, 7) is 2.33. The Morgan fingerprint density at radius 3 is 2.44 bits per heavy atom. The van der Waals surface area contributed by atoms with E-state index in [0.717, 1.165) is 63.1 Å². The number of nitrogens with zero attached hydrogens (tertiary/aromatic N) is 3. The number of carbonyl (C=O) groups excluding carboxylic acids is 2. The van der Waals surface area contributed by atoms with E-state index in [1.807, 2.05) is 39.8 Å². The first-order chi connectivity index (χ1) is 12.2. The smallest absolute Gasteiger partial charge is 0.289 e. The van der Waals surface area contributed by atoms with E-state index in [4.69, 9.17) is 0 Å².